The Morgan fingerprint density at radius 1 is 1.19 bits per heavy atom. The maximum atomic E-state index is 12.5. The standard InChI is InChI=1S/C13H15ClF3NO2S/c14-9-11-3-1-2-8-18(11)10-4-6-12(7-5-10)21(19,20)13(15,16)17/h4-7,11H,1-3,8-9H2. The van der Waals surface area contributed by atoms with E-state index in [1.165, 1.54) is 12.1 Å². The fourth-order valence-electron chi connectivity index (χ4n) is 2.45. The zero-order chi connectivity index (χ0) is 15.7. The van der Waals surface area contributed by atoms with Gasteiger partial charge in [0.1, 0.15) is 0 Å². The van der Waals surface area contributed by atoms with Crippen LogP contribution in [0.15, 0.2) is 29.2 Å². The lowest BCUT2D eigenvalue weighted by Gasteiger charge is -2.36. The lowest BCUT2D eigenvalue weighted by molar-refractivity contribution is -0.0436. The van der Waals surface area contributed by atoms with Crippen molar-refractivity contribution in [1.82, 2.24) is 0 Å². The topological polar surface area (TPSA) is 37.4 Å². The maximum absolute atomic E-state index is 12.5. The molecular formula is C13H15ClF3NO2S. The molecule has 1 heterocycles. The summed E-state index contributed by atoms with van der Waals surface area (Å²) < 4.78 is 60.0. The van der Waals surface area contributed by atoms with Crippen LogP contribution in [0.5, 0.6) is 0 Å². The van der Waals surface area contributed by atoms with E-state index in [1.807, 2.05) is 4.90 Å². The Labute approximate surface area is 126 Å². The second-order valence-electron chi connectivity index (χ2n) is 4.94. The van der Waals surface area contributed by atoms with Crippen molar-refractivity contribution in [1.29, 1.82) is 0 Å². The SMILES string of the molecule is O=S(=O)(c1ccc(N2CCCCC2CCl)cc1)C(F)(F)F. The molecule has 1 saturated heterocycles. The molecule has 3 nitrogen and oxygen atoms in total. The van der Waals surface area contributed by atoms with Crippen LogP contribution in [0, 0.1) is 0 Å². The quantitative estimate of drug-likeness (QED) is 0.789. The number of rotatable bonds is 3. The molecule has 1 fully saturated rings. The zero-order valence-electron chi connectivity index (χ0n) is 11.1. The average Bonchev–Trinajstić information content (AvgIpc) is 2.46. The largest absolute Gasteiger partial charge is 0.501 e. The molecule has 8 heteroatoms. The molecule has 0 saturated carbocycles. The molecule has 1 aliphatic heterocycles. The molecule has 1 aliphatic rings. The van der Waals surface area contributed by atoms with Crippen LogP contribution >= 0.6 is 11.6 Å². The number of piperidine rings is 1. The van der Waals surface area contributed by atoms with Crippen molar-refractivity contribution in [2.75, 3.05) is 17.3 Å². The van der Waals surface area contributed by atoms with Gasteiger partial charge in [0.25, 0.3) is 9.84 Å². The van der Waals surface area contributed by atoms with Gasteiger partial charge >= 0.3 is 5.51 Å². The average molecular weight is 342 g/mol. The van der Waals surface area contributed by atoms with Crippen molar-refractivity contribution in [2.24, 2.45) is 0 Å². The Kier molecular flexibility index (Phi) is 4.72. The first-order valence-corrected chi connectivity index (χ1v) is 8.53. The first kappa shape index (κ1) is 16.4. The van der Waals surface area contributed by atoms with Gasteiger partial charge in [0.2, 0.25) is 0 Å². The van der Waals surface area contributed by atoms with Gasteiger partial charge in [0.15, 0.2) is 0 Å². The molecule has 1 unspecified atom stereocenters. The third-order valence-electron chi connectivity index (χ3n) is 3.59. The number of nitrogens with zero attached hydrogens (tertiary/aromatic N) is 1. The van der Waals surface area contributed by atoms with Gasteiger partial charge in [0.05, 0.1) is 4.90 Å². The molecule has 1 aromatic carbocycles. The van der Waals surface area contributed by atoms with Gasteiger partial charge in [-0.3, -0.25) is 0 Å². The molecule has 0 bridgehead atoms. The van der Waals surface area contributed by atoms with Gasteiger partial charge in [-0.05, 0) is 43.5 Å². The molecule has 1 aromatic rings. The number of alkyl halides is 4. The van der Waals surface area contributed by atoms with E-state index in [4.69, 9.17) is 11.6 Å². The molecule has 0 aromatic heterocycles. The lowest BCUT2D eigenvalue weighted by Crippen LogP contribution is -2.40. The Bertz CT molecular complexity index is 586. The minimum absolute atomic E-state index is 0.130. The Morgan fingerprint density at radius 3 is 2.33 bits per heavy atom. The fraction of sp³-hybridized carbons (Fsp3) is 0.538. The summed E-state index contributed by atoms with van der Waals surface area (Å²) >= 11 is 5.90. The molecular weight excluding hydrogens is 327 g/mol. The summed E-state index contributed by atoms with van der Waals surface area (Å²) in [6.45, 7) is 0.767. The number of hydrogen-bond donors (Lipinski definition) is 0. The van der Waals surface area contributed by atoms with E-state index in [2.05, 4.69) is 0 Å². The van der Waals surface area contributed by atoms with Gasteiger partial charge < -0.3 is 4.90 Å². The van der Waals surface area contributed by atoms with Gasteiger partial charge in [-0.2, -0.15) is 13.2 Å². The second kappa shape index (κ2) is 6.04. The predicted octanol–water partition coefficient (Wildman–Crippen LogP) is 3.58. The molecule has 2 rings (SSSR count). The molecule has 118 valence electrons. The van der Waals surface area contributed by atoms with E-state index < -0.39 is 20.2 Å². The summed E-state index contributed by atoms with van der Waals surface area (Å²) in [6, 6.07) is 4.94. The molecule has 0 aliphatic carbocycles. The third-order valence-corrected chi connectivity index (χ3v) is 5.45. The Hall–Kier alpha value is -0.950. The molecule has 0 amide bonds. The van der Waals surface area contributed by atoms with Crippen LogP contribution in [-0.4, -0.2) is 32.4 Å². The molecule has 1 atom stereocenters. The summed E-state index contributed by atoms with van der Waals surface area (Å²) in [7, 11) is -5.29. The van der Waals surface area contributed by atoms with Crippen molar-refractivity contribution in [2.45, 2.75) is 35.7 Å². The first-order chi connectivity index (χ1) is 9.77. The summed E-state index contributed by atoms with van der Waals surface area (Å²) in [4.78, 5) is 1.28. The normalized spacial score (nSPS) is 20.6. The van der Waals surface area contributed by atoms with Gasteiger partial charge in [-0.25, -0.2) is 8.42 Å². The van der Waals surface area contributed by atoms with E-state index in [1.54, 1.807) is 0 Å². The summed E-state index contributed by atoms with van der Waals surface area (Å²) in [5.74, 6) is 0.433. The third kappa shape index (κ3) is 3.29. The molecule has 0 radical (unpaired) electrons. The van der Waals surface area contributed by atoms with Crippen molar-refractivity contribution in [3.63, 3.8) is 0 Å². The van der Waals surface area contributed by atoms with Crippen molar-refractivity contribution >= 4 is 27.1 Å². The highest BCUT2D eigenvalue weighted by Crippen LogP contribution is 2.32. The van der Waals surface area contributed by atoms with E-state index in [0.717, 1.165) is 37.9 Å². The van der Waals surface area contributed by atoms with Crippen molar-refractivity contribution in [3.05, 3.63) is 24.3 Å². The maximum Gasteiger partial charge on any atom is 0.501 e. The highest BCUT2D eigenvalue weighted by atomic mass is 35.5. The van der Waals surface area contributed by atoms with Crippen LogP contribution in [0.25, 0.3) is 0 Å². The van der Waals surface area contributed by atoms with Crippen molar-refractivity contribution in [3.8, 4) is 0 Å². The van der Waals surface area contributed by atoms with Crippen LogP contribution in [0.1, 0.15) is 19.3 Å². The Morgan fingerprint density at radius 2 is 1.81 bits per heavy atom. The van der Waals surface area contributed by atoms with Crippen LogP contribution in [-0.2, 0) is 9.84 Å². The van der Waals surface area contributed by atoms with Gasteiger partial charge in [-0.1, -0.05) is 0 Å². The molecule has 0 spiro atoms. The summed E-state index contributed by atoms with van der Waals surface area (Å²) in [5, 5.41) is 0. The van der Waals surface area contributed by atoms with Crippen molar-refractivity contribution < 1.29 is 21.6 Å². The van der Waals surface area contributed by atoms with Crippen LogP contribution in [0.3, 0.4) is 0 Å². The lowest BCUT2D eigenvalue weighted by atomic mass is 10.0. The first-order valence-electron chi connectivity index (χ1n) is 6.51. The highest BCUT2D eigenvalue weighted by Gasteiger charge is 2.46. The number of hydrogen-bond acceptors (Lipinski definition) is 3. The minimum atomic E-state index is -5.29. The van der Waals surface area contributed by atoms with Crippen LogP contribution in [0.2, 0.25) is 0 Å². The predicted molar refractivity (Wildman–Crippen MR) is 75.4 cm³/mol. The Balaban J connectivity index is 2.27. The van der Waals surface area contributed by atoms with Gasteiger partial charge in [-0.15, -0.1) is 11.6 Å². The number of sulfone groups is 1. The highest BCUT2D eigenvalue weighted by molar-refractivity contribution is 7.92. The number of anilines is 1. The fourth-order valence-corrected chi connectivity index (χ4v) is 3.53. The number of halogens is 4. The summed E-state index contributed by atoms with van der Waals surface area (Å²) in [6.07, 6.45) is 2.97. The minimum Gasteiger partial charge on any atom is -0.367 e. The van der Waals surface area contributed by atoms with E-state index in [0.29, 0.717) is 11.6 Å². The van der Waals surface area contributed by atoms with E-state index >= 15 is 0 Å². The molecule has 0 N–H and O–H groups in total. The monoisotopic (exact) mass is 341 g/mol. The smallest absolute Gasteiger partial charge is 0.367 e. The molecule has 21 heavy (non-hydrogen) atoms. The number of benzene rings is 1. The van der Waals surface area contributed by atoms with E-state index in [9.17, 15) is 21.6 Å². The zero-order valence-corrected chi connectivity index (χ0v) is 12.7. The van der Waals surface area contributed by atoms with Gasteiger partial charge in [0, 0.05) is 24.2 Å². The van der Waals surface area contributed by atoms with Crippen LogP contribution in [0.4, 0.5) is 18.9 Å². The summed E-state index contributed by atoms with van der Waals surface area (Å²) in [5.41, 5.74) is -4.58. The second-order valence-corrected chi connectivity index (χ2v) is 7.19. The van der Waals surface area contributed by atoms with E-state index in [-0.39, 0.29) is 6.04 Å². The van der Waals surface area contributed by atoms with Crippen LogP contribution < -0.4 is 4.90 Å².